The van der Waals surface area contributed by atoms with Crippen LogP contribution in [-0.2, 0) is 6.54 Å². The zero-order valence-corrected chi connectivity index (χ0v) is 17.7. The average molecular weight is 457 g/mol. The third-order valence-corrected chi connectivity index (χ3v) is 5.59. The van der Waals surface area contributed by atoms with Crippen molar-refractivity contribution in [3.05, 3.63) is 89.5 Å². The molecule has 0 spiro atoms. The first kappa shape index (κ1) is 21.8. The third kappa shape index (κ3) is 4.91. The van der Waals surface area contributed by atoms with Gasteiger partial charge in [0.25, 0.3) is 0 Å². The van der Waals surface area contributed by atoms with Crippen LogP contribution < -0.4 is 4.74 Å². The van der Waals surface area contributed by atoms with Crippen LogP contribution in [0, 0.1) is 6.92 Å². The number of carbonyl (C=O) groups is 1. The molecular formula is C24H18F3NO3S. The number of benzene rings is 3. The van der Waals surface area contributed by atoms with E-state index >= 15 is 0 Å². The molecular weight excluding hydrogens is 439 g/mol. The minimum atomic E-state index is -4.34. The standard InChI is InChI=1S/C24H18F3NO3S/c1-15-11-18(23(29)30)12-17-13-21(31-19-5-3-2-4-6-19)28(22(15)17)14-16-7-9-20(10-8-16)32-24(25,26)27/h2-13H,14H2,1H3,(H,29,30). The number of halogens is 3. The second-order valence-corrected chi connectivity index (χ2v) is 8.35. The summed E-state index contributed by atoms with van der Waals surface area (Å²) in [7, 11) is 0. The molecule has 3 aromatic carbocycles. The molecule has 0 atom stereocenters. The van der Waals surface area contributed by atoms with Crippen molar-refractivity contribution >= 4 is 28.6 Å². The predicted octanol–water partition coefficient (Wildman–Crippen LogP) is 7.10. The first-order valence-electron chi connectivity index (χ1n) is 9.64. The fourth-order valence-electron chi connectivity index (χ4n) is 3.56. The Morgan fingerprint density at radius 2 is 1.72 bits per heavy atom. The van der Waals surface area contributed by atoms with Crippen LogP contribution in [0.1, 0.15) is 21.5 Å². The summed E-state index contributed by atoms with van der Waals surface area (Å²) in [5.41, 5.74) is -1.82. The number of ether oxygens (including phenoxy) is 1. The lowest BCUT2D eigenvalue weighted by Crippen LogP contribution is -2.04. The molecule has 4 nitrogen and oxygen atoms in total. The van der Waals surface area contributed by atoms with Crippen molar-refractivity contribution in [2.24, 2.45) is 0 Å². The minimum absolute atomic E-state index is 0.113. The maximum atomic E-state index is 12.6. The number of fused-ring (bicyclic) bond motifs is 1. The highest BCUT2D eigenvalue weighted by Gasteiger charge is 2.29. The van der Waals surface area contributed by atoms with Gasteiger partial charge in [-0.05, 0) is 66.2 Å². The van der Waals surface area contributed by atoms with Crippen molar-refractivity contribution in [2.75, 3.05) is 0 Å². The van der Waals surface area contributed by atoms with Crippen LogP contribution in [0.15, 0.2) is 77.7 Å². The maximum absolute atomic E-state index is 12.6. The van der Waals surface area contributed by atoms with E-state index in [9.17, 15) is 23.1 Å². The molecule has 0 aliphatic rings. The number of aromatic carboxylic acids is 1. The van der Waals surface area contributed by atoms with Gasteiger partial charge in [-0.2, -0.15) is 13.2 Å². The Labute approximate surface area is 186 Å². The molecule has 1 N–H and O–H groups in total. The molecule has 4 aromatic rings. The van der Waals surface area contributed by atoms with Crippen molar-refractivity contribution in [2.45, 2.75) is 23.9 Å². The van der Waals surface area contributed by atoms with Gasteiger partial charge < -0.3 is 14.4 Å². The second kappa shape index (κ2) is 8.63. The van der Waals surface area contributed by atoms with Gasteiger partial charge in [-0.1, -0.05) is 30.3 Å². The first-order chi connectivity index (χ1) is 15.2. The largest absolute Gasteiger partial charge is 0.478 e. The van der Waals surface area contributed by atoms with Crippen LogP contribution in [0.3, 0.4) is 0 Å². The van der Waals surface area contributed by atoms with Crippen LogP contribution >= 0.6 is 11.8 Å². The van der Waals surface area contributed by atoms with E-state index < -0.39 is 11.5 Å². The second-order valence-electron chi connectivity index (χ2n) is 7.21. The number of aromatic nitrogens is 1. The van der Waals surface area contributed by atoms with E-state index in [1.807, 2.05) is 29.7 Å². The summed E-state index contributed by atoms with van der Waals surface area (Å²) in [6.45, 7) is 2.16. The van der Waals surface area contributed by atoms with Crippen LogP contribution in [0.25, 0.3) is 10.9 Å². The molecule has 1 heterocycles. The van der Waals surface area contributed by atoms with E-state index in [0.29, 0.717) is 23.6 Å². The number of thioether (sulfide) groups is 1. The summed E-state index contributed by atoms with van der Waals surface area (Å²) >= 11 is -0.155. The smallest absolute Gasteiger partial charge is 0.446 e. The van der Waals surface area contributed by atoms with Crippen molar-refractivity contribution in [3.63, 3.8) is 0 Å². The number of para-hydroxylation sites is 1. The average Bonchev–Trinajstić information content (AvgIpc) is 3.06. The van der Waals surface area contributed by atoms with Gasteiger partial charge in [0, 0.05) is 16.3 Å². The lowest BCUT2D eigenvalue weighted by atomic mass is 10.1. The fraction of sp³-hybridized carbons (Fsp3) is 0.125. The van der Waals surface area contributed by atoms with Gasteiger partial charge >= 0.3 is 11.5 Å². The number of hydrogen-bond acceptors (Lipinski definition) is 3. The van der Waals surface area contributed by atoms with Gasteiger partial charge in [0.2, 0.25) is 5.88 Å². The topological polar surface area (TPSA) is 51.5 Å². The van der Waals surface area contributed by atoms with Crippen molar-refractivity contribution in [1.29, 1.82) is 0 Å². The van der Waals surface area contributed by atoms with Crippen LogP contribution in [-0.4, -0.2) is 21.2 Å². The first-order valence-corrected chi connectivity index (χ1v) is 10.5. The third-order valence-electron chi connectivity index (χ3n) is 4.86. The molecule has 0 saturated heterocycles. The Balaban J connectivity index is 1.75. The summed E-state index contributed by atoms with van der Waals surface area (Å²) in [6, 6.07) is 20.3. The quantitative estimate of drug-likeness (QED) is 0.314. The number of rotatable bonds is 6. The summed E-state index contributed by atoms with van der Waals surface area (Å²) in [6.07, 6.45) is 0. The summed E-state index contributed by atoms with van der Waals surface area (Å²) in [5.74, 6) is 0.0983. The number of carboxylic acid groups (broad SMARTS) is 1. The maximum Gasteiger partial charge on any atom is 0.446 e. The van der Waals surface area contributed by atoms with Gasteiger partial charge in [-0.15, -0.1) is 0 Å². The minimum Gasteiger partial charge on any atom is -0.478 e. The fourth-order valence-corrected chi connectivity index (χ4v) is 4.10. The van der Waals surface area contributed by atoms with E-state index in [-0.39, 0.29) is 22.2 Å². The van der Waals surface area contributed by atoms with Gasteiger partial charge in [0.05, 0.1) is 17.6 Å². The predicted molar refractivity (Wildman–Crippen MR) is 118 cm³/mol. The van der Waals surface area contributed by atoms with Gasteiger partial charge in [0.15, 0.2) is 0 Å². The number of carboxylic acids is 1. The molecule has 0 bridgehead atoms. The summed E-state index contributed by atoms with van der Waals surface area (Å²) in [5, 5.41) is 10.1. The van der Waals surface area contributed by atoms with Gasteiger partial charge in [-0.25, -0.2) is 4.79 Å². The molecule has 0 saturated carbocycles. The zero-order valence-electron chi connectivity index (χ0n) is 16.9. The van der Waals surface area contributed by atoms with E-state index in [2.05, 4.69) is 0 Å². The number of hydrogen-bond donors (Lipinski definition) is 1. The normalized spacial score (nSPS) is 11.6. The van der Waals surface area contributed by atoms with E-state index in [1.54, 1.807) is 42.5 Å². The lowest BCUT2D eigenvalue weighted by molar-refractivity contribution is -0.0328. The van der Waals surface area contributed by atoms with Crippen LogP contribution in [0.2, 0.25) is 0 Å². The summed E-state index contributed by atoms with van der Waals surface area (Å²) in [4.78, 5) is 11.6. The molecule has 0 radical (unpaired) electrons. The van der Waals surface area contributed by atoms with Crippen molar-refractivity contribution in [3.8, 4) is 11.6 Å². The zero-order chi connectivity index (χ0) is 22.9. The molecule has 0 fully saturated rings. The lowest BCUT2D eigenvalue weighted by Gasteiger charge is -2.14. The molecule has 32 heavy (non-hydrogen) atoms. The molecule has 0 aliphatic heterocycles. The highest BCUT2D eigenvalue weighted by Crippen LogP contribution is 2.37. The van der Waals surface area contributed by atoms with Gasteiger partial charge in [-0.3, -0.25) is 0 Å². The monoisotopic (exact) mass is 457 g/mol. The van der Waals surface area contributed by atoms with Gasteiger partial charge in [0.1, 0.15) is 5.75 Å². The molecule has 1 aromatic heterocycles. The molecule has 0 unspecified atom stereocenters. The highest BCUT2D eigenvalue weighted by molar-refractivity contribution is 8.00. The number of alkyl halides is 3. The Morgan fingerprint density at radius 1 is 1.03 bits per heavy atom. The molecule has 164 valence electrons. The van der Waals surface area contributed by atoms with E-state index in [4.69, 9.17) is 4.74 Å². The Bertz CT molecular complexity index is 1270. The molecule has 4 rings (SSSR count). The van der Waals surface area contributed by atoms with Crippen LogP contribution in [0.4, 0.5) is 13.2 Å². The SMILES string of the molecule is Cc1cc(C(=O)O)cc2cc(Oc3ccccc3)n(Cc3ccc(SC(F)(F)F)cc3)c12. The molecule has 8 heteroatoms. The number of aryl methyl sites for hydroxylation is 1. The van der Waals surface area contributed by atoms with E-state index in [0.717, 1.165) is 16.6 Å². The van der Waals surface area contributed by atoms with Crippen molar-refractivity contribution < 1.29 is 27.8 Å². The Kier molecular flexibility index (Phi) is 5.88. The van der Waals surface area contributed by atoms with E-state index in [1.165, 1.54) is 12.1 Å². The number of nitrogens with zero attached hydrogens (tertiary/aromatic N) is 1. The van der Waals surface area contributed by atoms with Crippen molar-refractivity contribution in [1.82, 2.24) is 4.57 Å². The highest BCUT2D eigenvalue weighted by atomic mass is 32.2. The molecule has 0 aliphatic carbocycles. The summed E-state index contributed by atoms with van der Waals surface area (Å²) < 4.78 is 45.8. The Morgan fingerprint density at radius 3 is 2.34 bits per heavy atom. The molecule has 0 amide bonds. The Hall–Kier alpha value is -3.39. The van der Waals surface area contributed by atoms with Crippen LogP contribution in [0.5, 0.6) is 11.6 Å².